The van der Waals surface area contributed by atoms with Gasteiger partial charge in [-0.25, -0.2) is 9.69 Å². The summed E-state index contributed by atoms with van der Waals surface area (Å²) in [7, 11) is 0. The highest BCUT2D eigenvalue weighted by Gasteiger charge is 2.36. The van der Waals surface area contributed by atoms with Crippen molar-refractivity contribution in [3.8, 4) is 5.75 Å². The van der Waals surface area contributed by atoms with E-state index in [0.29, 0.717) is 22.6 Å². The Labute approximate surface area is 195 Å². The van der Waals surface area contributed by atoms with Gasteiger partial charge in [0.2, 0.25) is 0 Å². The first-order valence-electron chi connectivity index (χ1n) is 10.3. The highest BCUT2D eigenvalue weighted by molar-refractivity contribution is 6.39. The van der Waals surface area contributed by atoms with Gasteiger partial charge in [-0.15, -0.1) is 0 Å². The van der Waals surface area contributed by atoms with Gasteiger partial charge >= 0.3 is 6.03 Å². The molecule has 1 N–H and O–H groups in total. The van der Waals surface area contributed by atoms with E-state index >= 15 is 0 Å². The number of hydrogen-bond acceptors (Lipinski definition) is 6. The van der Waals surface area contributed by atoms with Crippen LogP contribution in [-0.2, 0) is 16.2 Å². The number of carbonyl (C=O) groups is 4. The van der Waals surface area contributed by atoms with Crippen molar-refractivity contribution in [3.05, 3.63) is 101 Å². The molecule has 34 heavy (non-hydrogen) atoms. The number of benzene rings is 3. The molecular formula is C26H19N2O6-. The third kappa shape index (κ3) is 4.86. The second kappa shape index (κ2) is 9.41. The first kappa shape index (κ1) is 22.5. The number of nitrogens with zero attached hydrogens (tertiary/aromatic N) is 1. The summed E-state index contributed by atoms with van der Waals surface area (Å²) in [6, 6.07) is 18.9. The van der Waals surface area contributed by atoms with E-state index in [1.165, 1.54) is 18.2 Å². The van der Waals surface area contributed by atoms with Crippen LogP contribution in [0.2, 0.25) is 0 Å². The van der Waals surface area contributed by atoms with Gasteiger partial charge in [-0.05, 0) is 60.0 Å². The summed E-state index contributed by atoms with van der Waals surface area (Å²) < 4.78 is 5.68. The third-order valence-corrected chi connectivity index (χ3v) is 5.15. The van der Waals surface area contributed by atoms with E-state index in [4.69, 9.17) is 4.74 Å². The summed E-state index contributed by atoms with van der Waals surface area (Å²) in [6.07, 6.45) is 1.40. The Kier molecular flexibility index (Phi) is 6.22. The maximum Gasteiger partial charge on any atom is 0.335 e. The first-order chi connectivity index (χ1) is 16.3. The Morgan fingerprint density at radius 3 is 2.38 bits per heavy atom. The molecule has 3 aromatic rings. The number of hydrogen-bond donors (Lipinski definition) is 1. The van der Waals surface area contributed by atoms with Gasteiger partial charge in [0, 0.05) is 0 Å². The molecule has 1 aliphatic rings. The molecule has 1 fully saturated rings. The number of aryl methyl sites for hydroxylation is 1. The highest BCUT2D eigenvalue weighted by Crippen LogP contribution is 2.23. The number of urea groups is 1. The molecule has 1 saturated heterocycles. The fourth-order valence-corrected chi connectivity index (χ4v) is 3.37. The largest absolute Gasteiger partial charge is 0.545 e. The number of carbonyl (C=O) groups excluding carboxylic acids is 4. The summed E-state index contributed by atoms with van der Waals surface area (Å²) in [5.41, 5.74) is 2.44. The standard InChI is InChI=1S/C26H20N2O6/c1-16-5-9-20(10-6-16)28-24(30)22(23(29)27-26(28)33)14-17-7-11-21(12-8-17)34-15-18-3-2-4-19(13-18)25(31)32/h2-14H,15H2,1H3,(H,31,32)(H,27,29,33)/p-1/b22-14-. The lowest BCUT2D eigenvalue weighted by molar-refractivity contribution is -0.255. The Hall–Kier alpha value is -4.72. The minimum Gasteiger partial charge on any atom is -0.545 e. The number of carboxylic acids is 1. The second-order valence-corrected chi connectivity index (χ2v) is 7.64. The number of nitrogens with one attached hydrogen (secondary N) is 1. The zero-order valence-corrected chi connectivity index (χ0v) is 18.1. The minimum absolute atomic E-state index is 0.0664. The molecule has 4 amide bonds. The average molecular weight is 455 g/mol. The van der Waals surface area contributed by atoms with Crippen molar-refractivity contribution < 1.29 is 29.0 Å². The maximum atomic E-state index is 12.9. The quantitative estimate of drug-likeness (QED) is 0.451. The van der Waals surface area contributed by atoms with E-state index in [9.17, 15) is 24.3 Å². The van der Waals surface area contributed by atoms with Gasteiger partial charge in [0.15, 0.2) is 0 Å². The van der Waals surface area contributed by atoms with Crippen LogP contribution < -0.4 is 20.1 Å². The van der Waals surface area contributed by atoms with Gasteiger partial charge in [-0.1, -0.05) is 48.0 Å². The fourth-order valence-electron chi connectivity index (χ4n) is 3.37. The lowest BCUT2D eigenvalue weighted by atomic mass is 10.1. The van der Waals surface area contributed by atoms with E-state index in [2.05, 4.69) is 5.32 Å². The van der Waals surface area contributed by atoms with Crippen LogP contribution in [0.3, 0.4) is 0 Å². The van der Waals surface area contributed by atoms with Crippen molar-refractivity contribution in [2.24, 2.45) is 0 Å². The van der Waals surface area contributed by atoms with E-state index in [1.54, 1.807) is 60.7 Å². The Balaban J connectivity index is 1.49. The molecule has 170 valence electrons. The van der Waals surface area contributed by atoms with Crippen LogP contribution in [0.4, 0.5) is 10.5 Å². The lowest BCUT2D eigenvalue weighted by Gasteiger charge is -2.26. The Morgan fingerprint density at radius 1 is 1.00 bits per heavy atom. The Morgan fingerprint density at radius 2 is 1.71 bits per heavy atom. The predicted molar refractivity (Wildman–Crippen MR) is 122 cm³/mol. The van der Waals surface area contributed by atoms with Crippen molar-refractivity contribution in [2.75, 3.05) is 4.90 Å². The zero-order valence-electron chi connectivity index (χ0n) is 18.1. The molecule has 0 unspecified atom stereocenters. The monoisotopic (exact) mass is 455 g/mol. The van der Waals surface area contributed by atoms with Crippen LogP contribution in [0.5, 0.6) is 5.75 Å². The molecule has 0 radical (unpaired) electrons. The van der Waals surface area contributed by atoms with Crippen LogP contribution in [0.15, 0.2) is 78.4 Å². The second-order valence-electron chi connectivity index (χ2n) is 7.64. The number of ether oxygens (including phenoxy) is 1. The van der Waals surface area contributed by atoms with Gasteiger partial charge in [0.25, 0.3) is 11.8 Å². The number of anilines is 1. The van der Waals surface area contributed by atoms with Gasteiger partial charge < -0.3 is 14.6 Å². The summed E-state index contributed by atoms with van der Waals surface area (Å²) >= 11 is 0. The molecule has 0 aromatic heterocycles. The molecule has 0 spiro atoms. The van der Waals surface area contributed by atoms with Crippen molar-refractivity contribution in [1.29, 1.82) is 0 Å². The zero-order chi connectivity index (χ0) is 24.2. The normalized spacial score (nSPS) is 14.8. The van der Waals surface area contributed by atoms with Crippen LogP contribution in [0.1, 0.15) is 27.0 Å². The highest BCUT2D eigenvalue weighted by atomic mass is 16.5. The lowest BCUT2D eigenvalue weighted by Crippen LogP contribution is -2.54. The van der Waals surface area contributed by atoms with E-state index in [1.807, 2.05) is 6.92 Å². The summed E-state index contributed by atoms with van der Waals surface area (Å²) in [4.78, 5) is 49.5. The molecule has 0 atom stereocenters. The number of rotatable bonds is 6. The third-order valence-electron chi connectivity index (χ3n) is 5.15. The van der Waals surface area contributed by atoms with Crippen LogP contribution in [0, 0.1) is 6.92 Å². The number of barbiturate groups is 1. The molecule has 0 bridgehead atoms. The van der Waals surface area contributed by atoms with Crippen molar-refractivity contribution in [3.63, 3.8) is 0 Å². The number of imide groups is 2. The summed E-state index contributed by atoms with van der Waals surface area (Å²) in [5.74, 6) is -2.24. The molecule has 8 heteroatoms. The first-order valence-corrected chi connectivity index (χ1v) is 10.3. The van der Waals surface area contributed by atoms with Crippen molar-refractivity contribution in [2.45, 2.75) is 13.5 Å². The van der Waals surface area contributed by atoms with E-state index < -0.39 is 23.8 Å². The molecule has 4 rings (SSSR count). The summed E-state index contributed by atoms with van der Waals surface area (Å²) in [5, 5.41) is 13.2. The molecule has 8 nitrogen and oxygen atoms in total. The maximum absolute atomic E-state index is 12.9. The topological polar surface area (TPSA) is 116 Å². The van der Waals surface area contributed by atoms with Crippen LogP contribution >= 0.6 is 0 Å². The van der Waals surface area contributed by atoms with Gasteiger partial charge in [0.1, 0.15) is 17.9 Å². The molecule has 1 heterocycles. The molecule has 3 aromatic carbocycles. The number of carboxylic acid groups (broad SMARTS) is 1. The average Bonchev–Trinajstić information content (AvgIpc) is 2.82. The molecule has 0 aliphatic carbocycles. The van der Waals surface area contributed by atoms with E-state index in [-0.39, 0.29) is 17.7 Å². The summed E-state index contributed by atoms with van der Waals surface area (Å²) in [6.45, 7) is 2.03. The van der Waals surface area contributed by atoms with Gasteiger partial charge in [-0.3, -0.25) is 14.9 Å². The molecule has 1 aliphatic heterocycles. The predicted octanol–water partition coefficient (Wildman–Crippen LogP) is 2.60. The van der Waals surface area contributed by atoms with Crippen LogP contribution in [-0.4, -0.2) is 23.8 Å². The van der Waals surface area contributed by atoms with Gasteiger partial charge in [-0.2, -0.15) is 0 Å². The number of amides is 4. The van der Waals surface area contributed by atoms with Crippen molar-refractivity contribution >= 4 is 35.6 Å². The fraction of sp³-hybridized carbons (Fsp3) is 0.0769. The number of aromatic carboxylic acids is 1. The molecular weight excluding hydrogens is 436 g/mol. The minimum atomic E-state index is -1.26. The van der Waals surface area contributed by atoms with Crippen molar-refractivity contribution in [1.82, 2.24) is 5.32 Å². The van der Waals surface area contributed by atoms with E-state index in [0.717, 1.165) is 10.5 Å². The smallest absolute Gasteiger partial charge is 0.335 e. The van der Waals surface area contributed by atoms with Crippen LogP contribution in [0.25, 0.3) is 6.08 Å². The van der Waals surface area contributed by atoms with Gasteiger partial charge in [0.05, 0.1) is 11.7 Å². The Bertz CT molecular complexity index is 1310. The SMILES string of the molecule is Cc1ccc(N2C(=O)NC(=O)/C(=C/c3ccc(OCc4cccc(C(=O)[O-])c4)cc3)C2=O)cc1. The molecule has 0 saturated carbocycles.